The summed E-state index contributed by atoms with van der Waals surface area (Å²) in [6.07, 6.45) is 0.943. The number of hydrogen-bond donors (Lipinski definition) is 2. The van der Waals surface area contributed by atoms with Crippen LogP contribution in [0.15, 0.2) is 53.6 Å². The van der Waals surface area contributed by atoms with Gasteiger partial charge in [-0.25, -0.2) is 10.2 Å². The van der Waals surface area contributed by atoms with Crippen LogP contribution in [-0.2, 0) is 9.53 Å². The van der Waals surface area contributed by atoms with E-state index in [-0.39, 0.29) is 18.9 Å². The van der Waals surface area contributed by atoms with Crippen molar-refractivity contribution in [3.05, 3.63) is 59.7 Å². The Morgan fingerprint density at radius 3 is 2.50 bits per heavy atom. The molecule has 0 bridgehead atoms. The zero-order chi connectivity index (χ0) is 23.3. The van der Waals surface area contributed by atoms with Crippen LogP contribution in [0.2, 0.25) is 0 Å². The number of carbonyl (C=O) groups excluding carboxylic acids is 2. The van der Waals surface area contributed by atoms with E-state index in [0.717, 1.165) is 11.1 Å². The van der Waals surface area contributed by atoms with Gasteiger partial charge in [0.15, 0.2) is 11.5 Å². The van der Waals surface area contributed by atoms with Crippen LogP contribution in [0.3, 0.4) is 0 Å². The van der Waals surface area contributed by atoms with Crippen molar-refractivity contribution in [1.29, 1.82) is 0 Å². The lowest BCUT2D eigenvalue weighted by atomic mass is 10.0. The molecule has 32 heavy (non-hydrogen) atoms. The van der Waals surface area contributed by atoms with E-state index in [4.69, 9.17) is 14.2 Å². The van der Waals surface area contributed by atoms with E-state index in [1.54, 1.807) is 26.2 Å². The van der Waals surface area contributed by atoms with Crippen molar-refractivity contribution in [2.75, 3.05) is 20.3 Å². The molecule has 2 aromatic rings. The highest BCUT2D eigenvalue weighted by Crippen LogP contribution is 2.28. The van der Waals surface area contributed by atoms with E-state index in [1.807, 2.05) is 36.4 Å². The zero-order valence-corrected chi connectivity index (χ0v) is 19.0. The normalized spacial score (nSPS) is 11.8. The summed E-state index contributed by atoms with van der Waals surface area (Å²) in [7, 11) is 1.57. The third-order valence-electron chi connectivity index (χ3n) is 4.32. The van der Waals surface area contributed by atoms with Crippen molar-refractivity contribution in [3.63, 3.8) is 0 Å². The summed E-state index contributed by atoms with van der Waals surface area (Å²) in [4.78, 5) is 24.3. The maximum absolute atomic E-state index is 12.4. The number of amides is 2. The Morgan fingerprint density at radius 1 is 1.09 bits per heavy atom. The second kappa shape index (κ2) is 13.0. The quantitative estimate of drug-likeness (QED) is 0.405. The van der Waals surface area contributed by atoms with Crippen LogP contribution in [0, 0.1) is 5.92 Å². The fourth-order valence-electron chi connectivity index (χ4n) is 2.80. The van der Waals surface area contributed by atoms with Gasteiger partial charge < -0.3 is 19.5 Å². The van der Waals surface area contributed by atoms with E-state index >= 15 is 0 Å². The number of benzene rings is 2. The lowest BCUT2D eigenvalue weighted by Crippen LogP contribution is -2.33. The highest BCUT2D eigenvalue weighted by Gasteiger charge is 2.18. The number of nitrogens with zero attached hydrogens (tertiary/aromatic N) is 1. The van der Waals surface area contributed by atoms with Crippen LogP contribution in [0.4, 0.5) is 4.79 Å². The number of carbonyl (C=O) groups is 2. The van der Waals surface area contributed by atoms with Gasteiger partial charge in [0.25, 0.3) is 0 Å². The summed E-state index contributed by atoms with van der Waals surface area (Å²) < 4.78 is 16.1. The molecular weight excluding hydrogens is 410 g/mol. The predicted octanol–water partition coefficient (Wildman–Crippen LogP) is 4.06. The lowest BCUT2D eigenvalue weighted by molar-refractivity contribution is -0.121. The third-order valence-corrected chi connectivity index (χ3v) is 4.32. The first-order valence-corrected chi connectivity index (χ1v) is 10.5. The first-order chi connectivity index (χ1) is 15.4. The number of alkyl carbamates (subject to hydrolysis) is 1. The molecule has 0 saturated carbocycles. The van der Waals surface area contributed by atoms with Crippen LogP contribution >= 0.6 is 0 Å². The Hall–Kier alpha value is -3.55. The average molecular weight is 442 g/mol. The number of hydrazone groups is 1. The number of nitrogens with one attached hydrogen (secondary N) is 2. The van der Waals surface area contributed by atoms with Crippen molar-refractivity contribution in [2.24, 2.45) is 11.0 Å². The molecule has 172 valence electrons. The second-order valence-corrected chi connectivity index (χ2v) is 7.44. The minimum atomic E-state index is -0.579. The van der Waals surface area contributed by atoms with Crippen molar-refractivity contribution >= 4 is 18.2 Å². The maximum Gasteiger partial charge on any atom is 0.407 e. The van der Waals surface area contributed by atoms with Crippen LogP contribution in [0.1, 0.15) is 44.4 Å². The minimum absolute atomic E-state index is 0.00543. The van der Waals surface area contributed by atoms with E-state index < -0.39 is 12.1 Å². The van der Waals surface area contributed by atoms with Gasteiger partial charge in [0.1, 0.15) is 0 Å². The smallest absolute Gasteiger partial charge is 0.407 e. The van der Waals surface area contributed by atoms with Gasteiger partial charge >= 0.3 is 6.09 Å². The number of rotatable bonds is 11. The molecule has 0 fully saturated rings. The summed E-state index contributed by atoms with van der Waals surface area (Å²) in [6, 6.07) is 14.1. The Balaban J connectivity index is 1.99. The van der Waals surface area contributed by atoms with Crippen molar-refractivity contribution < 1.29 is 23.8 Å². The Labute approximate surface area is 188 Å². The van der Waals surface area contributed by atoms with Crippen LogP contribution < -0.4 is 20.2 Å². The van der Waals surface area contributed by atoms with Crippen molar-refractivity contribution in [2.45, 2.75) is 33.2 Å². The molecule has 0 heterocycles. The van der Waals surface area contributed by atoms with Crippen LogP contribution in [0.25, 0.3) is 0 Å². The van der Waals surface area contributed by atoms with Gasteiger partial charge in [-0.3, -0.25) is 4.79 Å². The summed E-state index contributed by atoms with van der Waals surface area (Å²) in [5.41, 5.74) is 4.03. The van der Waals surface area contributed by atoms with Gasteiger partial charge in [-0.1, -0.05) is 44.2 Å². The van der Waals surface area contributed by atoms with Gasteiger partial charge in [0, 0.05) is 0 Å². The van der Waals surface area contributed by atoms with Crippen molar-refractivity contribution in [3.8, 4) is 11.5 Å². The molecule has 2 N–H and O–H groups in total. The molecule has 0 aliphatic rings. The highest BCUT2D eigenvalue weighted by atomic mass is 16.5. The zero-order valence-electron chi connectivity index (χ0n) is 19.0. The first kappa shape index (κ1) is 24.7. The molecule has 2 aromatic carbocycles. The molecule has 8 heteroatoms. The van der Waals surface area contributed by atoms with Crippen LogP contribution in [0.5, 0.6) is 11.5 Å². The molecule has 0 radical (unpaired) electrons. The van der Waals surface area contributed by atoms with Gasteiger partial charge in [0.2, 0.25) is 5.91 Å². The number of hydrogen-bond acceptors (Lipinski definition) is 6. The predicted molar refractivity (Wildman–Crippen MR) is 123 cm³/mol. The lowest BCUT2D eigenvalue weighted by Gasteiger charge is -2.18. The van der Waals surface area contributed by atoms with E-state index in [2.05, 4.69) is 29.7 Å². The maximum atomic E-state index is 12.4. The molecule has 0 aromatic heterocycles. The summed E-state index contributed by atoms with van der Waals surface area (Å²) in [5, 5.41) is 6.73. The largest absolute Gasteiger partial charge is 0.493 e. The van der Waals surface area contributed by atoms with Gasteiger partial charge in [0.05, 0.1) is 39.0 Å². The third kappa shape index (κ3) is 8.29. The summed E-state index contributed by atoms with van der Waals surface area (Å²) >= 11 is 0. The minimum Gasteiger partial charge on any atom is -0.493 e. The summed E-state index contributed by atoms with van der Waals surface area (Å²) in [6.45, 7) is 6.69. The summed E-state index contributed by atoms with van der Waals surface area (Å²) in [5.74, 6) is 1.28. The molecule has 1 atom stereocenters. The van der Waals surface area contributed by atoms with E-state index in [1.165, 1.54) is 6.21 Å². The second-order valence-electron chi connectivity index (χ2n) is 7.44. The fraction of sp³-hybridized carbons (Fsp3) is 0.375. The number of methoxy groups -OCH3 is 1. The van der Waals surface area contributed by atoms with Crippen LogP contribution in [-0.4, -0.2) is 38.5 Å². The van der Waals surface area contributed by atoms with Gasteiger partial charge in [-0.05, 0) is 42.2 Å². The molecule has 0 aliphatic carbocycles. The number of ether oxygens (including phenoxy) is 3. The first-order valence-electron chi connectivity index (χ1n) is 10.5. The molecule has 0 unspecified atom stereocenters. The SMILES string of the molecule is CCOC(=O)N[C@@H](CC(=O)N/N=C\c1ccc(OCC(C)C)c(OC)c1)c1ccccc1. The molecule has 8 nitrogen and oxygen atoms in total. The molecule has 2 amide bonds. The standard InChI is InChI=1S/C24H31N3O5/c1-5-31-24(29)26-20(19-9-7-6-8-10-19)14-23(28)27-25-15-18-11-12-21(22(13-18)30-4)32-16-17(2)3/h6-13,15,17,20H,5,14,16H2,1-4H3,(H,26,29)(H,27,28)/b25-15-/t20-/m0/s1. The highest BCUT2D eigenvalue weighted by molar-refractivity contribution is 5.83. The Kier molecular flexibility index (Phi) is 10.0. The Morgan fingerprint density at radius 2 is 1.84 bits per heavy atom. The molecule has 0 saturated heterocycles. The monoisotopic (exact) mass is 441 g/mol. The van der Waals surface area contributed by atoms with Crippen molar-refractivity contribution in [1.82, 2.24) is 10.7 Å². The van der Waals surface area contributed by atoms with Gasteiger partial charge in [-0.2, -0.15) is 5.10 Å². The van der Waals surface area contributed by atoms with E-state index in [9.17, 15) is 9.59 Å². The molecule has 2 rings (SSSR count). The molecular formula is C24H31N3O5. The molecule has 0 spiro atoms. The molecule has 0 aliphatic heterocycles. The topological polar surface area (TPSA) is 98.2 Å². The fourth-order valence-corrected chi connectivity index (χ4v) is 2.80. The van der Waals surface area contributed by atoms with E-state index in [0.29, 0.717) is 24.0 Å². The Bertz CT molecular complexity index is 900. The average Bonchev–Trinajstić information content (AvgIpc) is 2.78. The van der Waals surface area contributed by atoms with Gasteiger partial charge in [-0.15, -0.1) is 0 Å².